The van der Waals surface area contributed by atoms with E-state index in [1.807, 2.05) is 30.3 Å². The molecule has 0 unspecified atom stereocenters. The first kappa shape index (κ1) is 16.5. The Kier molecular flexibility index (Phi) is 4.85. The Bertz CT molecular complexity index is 863. The van der Waals surface area contributed by atoms with Gasteiger partial charge in [0.05, 0.1) is 0 Å². The summed E-state index contributed by atoms with van der Waals surface area (Å²) in [4.78, 5) is 19.3. The van der Waals surface area contributed by atoms with Crippen LogP contribution < -0.4 is 0 Å². The van der Waals surface area contributed by atoms with Crippen molar-refractivity contribution >= 4 is 23.3 Å². The van der Waals surface area contributed by atoms with E-state index < -0.39 is 11.9 Å². The Morgan fingerprint density at radius 1 is 1.21 bits per heavy atom. The lowest BCUT2D eigenvalue weighted by molar-refractivity contribution is 0.0793. The van der Waals surface area contributed by atoms with Gasteiger partial charge in [-0.25, -0.2) is 4.98 Å². The van der Waals surface area contributed by atoms with Gasteiger partial charge in [-0.1, -0.05) is 24.3 Å². The number of amides is 1. The highest BCUT2D eigenvalue weighted by Crippen LogP contribution is 2.18. The van der Waals surface area contributed by atoms with Crippen molar-refractivity contribution in [2.45, 2.75) is 11.8 Å². The first-order valence-corrected chi connectivity index (χ1v) is 8.63. The summed E-state index contributed by atoms with van der Waals surface area (Å²) in [6.45, 7) is 2.30. The minimum absolute atomic E-state index is 0.128. The Hall–Kier alpha value is -2.34. The molecule has 0 saturated heterocycles. The number of carbonyl (C=O) groups is 1. The molecule has 0 spiro atoms. The maximum Gasteiger partial charge on any atom is 0.277 e. The van der Waals surface area contributed by atoms with Crippen molar-refractivity contribution in [3.05, 3.63) is 65.9 Å². The molecule has 0 aliphatic carbocycles. The molecule has 4 nitrogen and oxygen atoms in total. The van der Waals surface area contributed by atoms with Crippen molar-refractivity contribution in [1.29, 1.82) is 0 Å². The van der Waals surface area contributed by atoms with E-state index in [0.717, 1.165) is 10.6 Å². The predicted molar refractivity (Wildman–Crippen MR) is 94.0 cm³/mol. The summed E-state index contributed by atoms with van der Waals surface area (Å²) >= 11 is 1.66. The average molecular weight is 343 g/mol. The number of aryl methyl sites for hydroxylation is 1. The number of nitrogens with zero attached hydrogens (tertiary/aromatic N) is 3. The summed E-state index contributed by atoms with van der Waals surface area (Å²) in [5.74, 6) is -0.264. The zero-order valence-electron chi connectivity index (χ0n) is 13.6. The molecule has 2 heterocycles. The third kappa shape index (κ3) is 3.28. The van der Waals surface area contributed by atoms with Gasteiger partial charge < -0.3 is 4.90 Å². The lowest BCUT2D eigenvalue weighted by atomic mass is 10.3. The fourth-order valence-electron chi connectivity index (χ4n) is 2.45. The Labute approximate surface area is 144 Å². The van der Waals surface area contributed by atoms with Crippen LogP contribution in [-0.4, -0.2) is 39.5 Å². The van der Waals surface area contributed by atoms with E-state index in [0.29, 0.717) is 17.9 Å². The largest absolute Gasteiger partial charge is 0.339 e. The number of rotatable bonds is 5. The summed E-state index contributed by atoms with van der Waals surface area (Å²) in [5.41, 5.74) is 1.03. The highest BCUT2D eigenvalue weighted by molar-refractivity contribution is 7.99. The van der Waals surface area contributed by atoms with Gasteiger partial charge >= 0.3 is 0 Å². The Balaban J connectivity index is 1.69. The van der Waals surface area contributed by atoms with E-state index in [9.17, 15) is 9.18 Å². The standard InChI is InChI=1S/C18H18FN3OS/c1-13-7-6-10-15-20-16(17(19)22(13)15)18(23)21(2)11-12-24-14-8-4-3-5-9-14/h3-10H,11-12H2,1-2H3. The normalized spacial score (nSPS) is 11.0. The fourth-order valence-corrected chi connectivity index (χ4v) is 3.40. The number of benzene rings is 1. The molecule has 0 radical (unpaired) electrons. The molecule has 1 aromatic carbocycles. The van der Waals surface area contributed by atoms with Crippen LogP contribution in [0.2, 0.25) is 0 Å². The minimum Gasteiger partial charge on any atom is -0.339 e. The molecule has 0 N–H and O–H groups in total. The van der Waals surface area contributed by atoms with Crippen molar-refractivity contribution in [1.82, 2.24) is 14.3 Å². The Morgan fingerprint density at radius 2 is 1.96 bits per heavy atom. The molecular weight excluding hydrogens is 325 g/mol. The van der Waals surface area contributed by atoms with Crippen molar-refractivity contribution in [3.8, 4) is 0 Å². The van der Waals surface area contributed by atoms with Crippen LogP contribution in [0.15, 0.2) is 53.4 Å². The van der Waals surface area contributed by atoms with Gasteiger partial charge in [0.2, 0.25) is 5.95 Å². The molecule has 0 fully saturated rings. The number of imidazole rings is 1. The molecule has 1 amide bonds. The molecule has 24 heavy (non-hydrogen) atoms. The van der Waals surface area contributed by atoms with Crippen LogP contribution >= 0.6 is 11.8 Å². The third-order valence-electron chi connectivity index (χ3n) is 3.77. The second-order valence-corrected chi connectivity index (χ2v) is 6.67. The fraction of sp³-hybridized carbons (Fsp3) is 0.222. The van der Waals surface area contributed by atoms with Crippen LogP contribution in [0, 0.1) is 12.9 Å². The number of thioether (sulfide) groups is 1. The molecule has 3 aromatic rings. The van der Waals surface area contributed by atoms with E-state index in [2.05, 4.69) is 4.98 Å². The third-order valence-corrected chi connectivity index (χ3v) is 4.76. The molecule has 0 atom stereocenters. The molecule has 6 heteroatoms. The van der Waals surface area contributed by atoms with Crippen molar-refractivity contribution in [2.75, 3.05) is 19.3 Å². The quantitative estimate of drug-likeness (QED) is 0.664. The highest BCUT2D eigenvalue weighted by atomic mass is 32.2. The van der Waals surface area contributed by atoms with Crippen LogP contribution in [0.4, 0.5) is 4.39 Å². The number of hydrogen-bond donors (Lipinski definition) is 0. The van der Waals surface area contributed by atoms with Gasteiger partial charge in [-0.3, -0.25) is 9.20 Å². The van der Waals surface area contributed by atoms with Gasteiger partial charge in [0.15, 0.2) is 5.69 Å². The van der Waals surface area contributed by atoms with Crippen LogP contribution in [0.25, 0.3) is 5.65 Å². The zero-order valence-corrected chi connectivity index (χ0v) is 14.4. The summed E-state index contributed by atoms with van der Waals surface area (Å²) in [6.07, 6.45) is 0. The van der Waals surface area contributed by atoms with E-state index in [1.54, 1.807) is 43.9 Å². The number of fused-ring (bicyclic) bond motifs is 1. The SMILES string of the molecule is Cc1cccc2nc(C(=O)N(C)CCSc3ccccc3)c(F)n12. The van der Waals surface area contributed by atoms with Gasteiger partial charge in [0.25, 0.3) is 5.91 Å². The lowest BCUT2D eigenvalue weighted by Gasteiger charge is -2.15. The molecule has 0 saturated carbocycles. The molecule has 3 rings (SSSR count). The first-order chi connectivity index (χ1) is 11.6. The molecule has 0 aliphatic rings. The summed E-state index contributed by atoms with van der Waals surface area (Å²) < 4.78 is 15.9. The molecular formula is C18H18FN3OS. The first-order valence-electron chi connectivity index (χ1n) is 7.65. The van der Waals surface area contributed by atoms with Gasteiger partial charge in [0, 0.05) is 29.9 Å². The van der Waals surface area contributed by atoms with E-state index in [1.165, 1.54) is 9.30 Å². The molecule has 0 bridgehead atoms. The second-order valence-electron chi connectivity index (χ2n) is 5.50. The van der Waals surface area contributed by atoms with Crippen LogP contribution in [0.1, 0.15) is 16.2 Å². The smallest absolute Gasteiger partial charge is 0.277 e. The number of pyridine rings is 1. The topological polar surface area (TPSA) is 37.6 Å². The number of hydrogen-bond acceptors (Lipinski definition) is 3. The molecule has 2 aromatic heterocycles. The summed E-state index contributed by atoms with van der Waals surface area (Å²) in [7, 11) is 1.67. The van der Waals surface area contributed by atoms with Gasteiger partial charge in [-0.05, 0) is 31.2 Å². The van der Waals surface area contributed by atoms with E-state index >= 15 is 0 Å². The number of aromatic nitrogens is 2. The van der Waals surface area contributed by atoms with Crippen molar-refractivity contribution in [3.63, 3.8) is 0 Å². The number of halogens is 1. The van der Waals surface area contributed by atoms with Gasteiger partial charge in [-0.15, -0.1) is 11.8 Å². The second kappa shape index (κ2) is 7.05. The van der Waals surface area contributed by atoms with Crippen LogP contribution in [0.3, 0.4) is 0 Å². The summed E-state index contributed by atoms with van der Waals surface area (Å²) in [5, 5.41) is 0. The maximum atomic E-state index is 14.5. The minimum atomic E-state index is -0.601. The van der Waals surface area contributed by atoms with Gasteiger partial charge in [-0.2, -0.15) is 4.39 Å². The van der Waals surface area contributed by atoms with E-state index in [-0.39, 0.29) is 5.69 Å². The predicted octanol–water partition coefficient (Wildman–Crippen LogP) is 3.65. The van der Waals surface area contributed by atoms with Crippen molar-refractivity contribution < 1.29 is 9.18 Å². The van der Waals surface area contributed by atoms with Crippen LogP contribution in [0.5, 0.6) is 0 Å². The Morgan fingerprint density at radius 3 is 2.67 bits per heavy atom. The van der Waals surface area contributed by atoms with E-state index in [4.69, 9.17) is 0 Å². The summed E-state index contributed by atoms with van der Waals surface area (Å²) in [6, 6.07) is 15.2. The zero-order chi connectivity index (χ0) is 17.1. The lowest BCUT2D eigenvalue weighted by Crippen LogP contribution is -2.30. The van der Waals surface area contributed by atoms with Gasteiger partial charge in [0.1, 0.15) is 5.65 Å². The molecule has 0 aliphatic heterocycles. The number of carbonyl (C=O) groups excluding carboxylic acids is 1. The van der Waals surface area contributed by atoms with Crippen LogP contribution in [-0.2, 0) is 0 Å². The monoisotopic (exact) mass is 343 g/mol. The maximum absolute atomic E-state index is 14.5. The molecule has 124 valence electrons. The highest BCUT2D eigenvalue weighted by Gasteiger charge is 2.22. The van der Waals surface area contributed by atoms with Crippen molar-refractivity contribution in [2.24, 2.45) is 0 Å². The average Bonchev–Trinajstić information content (AvgIpc) is 2.93.